The van der Waals surface area contributed by atoms with Crippen LogP contribution < -0.4 is 10.6 Å². The van der Waals surface area contributed by atoms with Crippen LogP contribution in [0.3, 0.4) is 0 Å². The molecule has 0 saturated heterocycles. The lowest BCUT2D eigenvalue weighted by Crippen LogP contribution is -2.25. The van der Waals surface area contributed by atoms with Gasteiger partial charge in [-0.25, -0.2) is 9.59 Å². The maximum atomic E-state index is 13.5. The number of nitrogens with one attached hydrogen (secondary N) is 2. The Hall–Kier alpha value is -6.66. The third-order valence-corrected chi connectivity index (χ3v) is 12.5. The zero-order chi connectivity index (χ0) is 48.7. The lowest BCUT2D eigenvalue weighted by Gasteiger charge is -2.15. The number of ketones is 2. The minimum atomic E-state index is -0.601. The van der Waals surface area contributed by atoms with Gasteiger partial charge < -0.3 is 20.1 Å². The van der Waals surface area contributed by atoms with Gasteiger partial charge in [-0.1, -0.05) is 142 Å². The molecular formula is C49H38Cl4N8O6S2. The third-order valence-electron chi connectivity index (χ3n) is 9.83. The molecule has 0 aliphatic rings. The first-order chi connectivity index (χ1) is 33.5. The van der Waals surface area contributed by atoms with Crippen LogP contribution in [-0.4, -0.2) is 59.5 Å². The van der Waals surface area contributed by atoms with Crippen molar-refractivity contribution in [2.45, 2.75) is 31.5 Å². The molecule has 8 rings (SSSR count). The molecule has 2 aromatic heterocycles. The van der Waals surface area contributed by atoms with Crippen LogP contribution in [0.5, 0.6) is 0 Å². The molecule has 0 aliphatic carbocycles. The highest BCUT2D eigenvalue weighted by molar-refractivity contribution is 8.76. The Morgan fingerprint density at radius 3 is 1.55 bits per heavy atom. The Kier molecular flexibility index (Phi) is 17.9. The van der Waals surface area contributed by atoms with Crippen molar-refractivity contribution in [1.82, 2.24) is 40.2 Å². The summed E-state index contributed by atoms with van der Waals surface area (Å²) in [5, 5.41) is 23.9. The van der Waals surface area contributed by atoms with Gasteiger partial charge in [0.1, 0.15) is 19.5 Å². The fourth-order valence-corrected chi connectivity index (χ4v) is 8.64. The van der Waals surface area contributed by atoms with E-state index in [1.807, 2.05) is 66.9 Å². The number of amides is 2. The number of hydrogen-bond donors (Lipinski definition) is 2. The van der Waals surface area contributed by atoms with Crippen LogP contribution in [0.4, 0.5) is 9.59 Å². The average Bonchev–Trinajstić information content (AvgIpc) is 4.01. The van der Waals surface area contributed by atoms with Gasteiger partial charge in [-0.15, -0.1) is 20.4 Å². The predicted octanol–water partition coefficient (Wildman–Crippen LogP) is 11.8. The number of carbonyl (C=O) groups excluding carboxylic acids is 4. The number of alkyl carbamates (subject to hydrolysis) is 2. The molecular weight excluding hydrogens is 1000 g/mol. The largest absolute Gasteiger partial charge is 0.445 e. The Balaban J connectivity index is 0.000000205. The second-order valence-electron chi connectivity index (χ2n) is 14.4. The molecule has 20 heteroatoms. The normalized spacial score (nSPS) is 10.7. The van der Waals surface area contributed by atoms with E-state index in [1.165, 1.54) is 27.9 Å². The summed E-state index contributed by atoms with van der Waals surface area (Å²) in [7, 11) is 2.85. The van der Waals surface area contributed by atoms with E-state index < -0.39 is 12.2 Å². The quantitative estimate of drug-likeness (QED) is 0.0694. The van der Waals surface area contributed by atoms with Gasteiger partial charge in [0.05, 0.1) is 34.5 Å². The SMILES string of the molecule is CSSc1nnc(CNC(=O)OCc2ccccc2)n1-c1ccc(Cl)cc1C(=O)c1ccccc1Cl.O=C(NCc1nncn1-c1ccc(Cl)cc1C(=O)c1ccccc1Cl)OCc1ccccc1. The van der Waals surface area contributed by atoms with Crippen LogP contribution in [-0.2, 0) is 35.8 Å². The maximum Gasteiger partial charge on any atom is 0.407 e. The molecule has 0 aliphatic heterocycles. The first-order valence-electron chi connectivity index (χ1n) is 20.6. The summed E-state index contributed by atoms with van der Waals surface area (Å²) in [6, 6.07) is 42.2. The first kappa shape index (κ1) is 50.2. The van der Waals surface area contributed by atoms with Crippen molar-refractivity contribution >= 4 is 91.7 Å². The zero-order valence-corrected chi connectivity index (χ0v) is 40.9. The second kappa shape index (κ2) is 24.6. The van der Waals surface area contributed by atoms with E-state index in [0.717, 1.165) is 11.1 Å². The van der Waals surface area contributed by atoms with Crippen molar-refractivity contribution in [3.63, 3.8) is 0 Å². The summed E-state index contributed by atoms with van der Waals surface area (Å²) in [5.74, 6) is 0.224. The molecule has 0 spiro atoms. The number of rotatable bonds is 16. The molecule has 0 bridgehead atoms. The van der Waals surface area contributed by atoms with E-state index in [1.54, 1.807) is 94.1 Å². The van der Waals surface area contributed by atoms with E-state index in [-0.39, 0.29) is 37.9 Å². The van der Waals surface area contributed by atoms with Crippen molar-refractivity contribution in [1.29, 1.82) is 0 Å². The average molecular weight is 1040 g/mol. The smallest absolute Gasteiger partial charge is 0.407 e. The number of carbonyl (C=O) groups is 4. The minimum Gasteiger partial charge on any atom is -0.445 e. The summed E-state index contributed by atoms with van der Waals surface area (Å²) < 4.78 is 13.9. The molecule has 69 heavy (non-hydrogen) atoms. The van der Waals surface area contributed by atoms with Crippen molar-refractivity contribution in [3.05, 3.63) is 217 Å². The highest BCUT2D eigenvalue weighted by Gasteiger charge is 2.24. The number of benzene rings is 6. The third kappa shape index (κ3) is 13.3. The number of aromatic nitrogens is 6. The monoisotopic (exact) mass is 1040 g/mol. The Bertz CT molecular complexity index is 3090. The molecule has 0 unspecified atom stereocenters. The van der Waals surface area contributed by atoms with Gasteiger partial charge in [0.15, 0.2) is 23.2 Å². The second-order valence-corrected chi connectivity index (χ2v) is 18.4. The molecule has 2 heterocycles. The number of halogens is 4. The first-order valence-corrected chi connectivity index (χ1v) is 24.7. The lowest BCUT2D eigenvalue weighted by atomic mass is 10.0. The van der Waals surface area contributed by atoms with Crippen molar-refractivity contribution in [2.75, 3.05) is 6.26 Å². The van der Waals surface area contributed by atoms with Gasteiger partial charge >= 0.3 is 12.2 Å². The summed E-state index contributed by atoms with van der Waals surface area (Å²) in [6.07, 6.45) is 2.16. The van der Waals surface area contributed by atoms with Crippen molar-refractivity contribution < 1.29 is 28.7 Å². The van der Waals surface area contributed by atoms with Gasteiger partial charge in [-0.3, -0.25) is 18.7 Å². The molecule has 0 fully saturated rings. The minimum absolute atomic E-state index is 0.0257. The molecule has 2 N–H and O–H groups in total. The fraction of sp³-hybridized carbons (Fsp3) is 0.102. The van der Waals surface area contributed by atoms with E-state index in [4.69, 9.17) is 55.9 Å². The van der Waals surface area contributed by atoms with Gasteiger partial charge in [-0.2, -0.15) is 0 Å². The van der Waals surface area contributed by atoms with Crippen LogP contribution in [0, 0.1) is 0 Å². The highest BCUT2D eigenvalue weighted by atomic mass is 35.5. The molecule has 6 aromatic carbocycles. The van der Waals surface area contributed by atoms with E-state index in [0.29, 0.717) is 70.5 Å². The lowest BCUT2D eigenvalue weighted by molar-refractivity contribution is 0.103. The number of ether oxygens (including phenoxy) is 2. The predicted molar refractivity (Wildman–Crippen MR) is 269 cm³/mol. The van der Waals surface area contributed by atoms with Gasteiger partial charge in [0.25, 0.3) is 0 Å². The van der Waals surface area contributed by atoms with E-state index in [2.05, 4.69) is 31.0 Å². The molecule has 0 atom stereocenters. The topological polar surface area (TPSA) is 172 Å². The molecule has 8 aromatic rings. The maximum absolute atomic E-state index is 13.5. The van der Waals surface area contributed by atoms with Gasteiger partial charge in [0, 0.05) is 32.3 Å². The van der Waals surface area contributed by atoms with E-state index in [9.17, 15) is 19.2 Å². The highest BCUT2D eigenvalue weighted by Crippen LogP contribution is 2.33. The molecule has 0 radical (unpaired) electrons. The number of hydrogen-bond acceptors (Lipinski definition) is 12. The molecule has 350 valence electrons. The summed E-state index contributed by atoms with van der Waals surface area (Å²) >= 11 is 25.0. The standard InChI is InChI=1S/C25H20Cl2N4O3S2.C24H18Cl2N4O3/c1-35-36-24-30-29-22(14-28-25(33)34-15-16-7-3-2-4-8-16)31(24)21-12-11-17(26)13-19(21)23(32)18-9-5-6-10-20(18)27;25-17-10-11-21(19(12-17)23(31)18-8-4-5-9-20(18)26)30-15-28-29-22(30)13-27-24(32)33-14-16-6-2-1-3-7-16/h2-13H,14-15H2,1H3,(H,28,33);1-12,15H,13-14H2,(H,27,32). The Morgan fingerprint density at radius 1 is 0.551 bits per heavy atom. The Morgan fingerprint density at radius 2 is 1.03 bits per heavy atom. The molecule has 14 nitrogen and oxygen atoms in total. The Labute approximate surface area is 424 Å². The summed E-state index contributed by atoms with van der Waals surface area (Å²) in [5.41, 5.74) is 4.11. The fourth-order valence-electron chi connectivity index (χ4n) is 6.58. The van der Waals surface area contributed by atoms with Crippen LogP contribution in [0.1, 0.15) is 54.6 Å². The van der Waals surface area contributed by atoms with E-state index >= 15 is 0 Å². The van der Waals surface area contributed by atoms with Crippen molar-refractivity contribution in [3.8, 4) is 11.4 Å². The van der Waals surface area contributed by atoms with Crippen LogP contribution in [0.25, 0.3) is 11.4 Å². The van der Waals surface area contributed by atoms with Crippen LogP contribution in [0.15, 0.2) is 157 Å². The zero-order valence-electron chi connectivity index (χ0n) is 36.2. The van der Waals surface area contributed by atoms with Crippen LogP contribution in [0.2, 0.25) is 20.1 Å². The number of nitrogens with zero attached hydrogens (tertiary/aromatic N) is 6. The molecule has 0 saturated carbocycles. The molecule has 2 amide bonds. The van der Waals surface area contributed by atoms with Crippen molar-refractivity contribution in [2.24, 2.45) is 0 Å². The van der Waals surface area contributed by atoms with Crippen LogP contribution >= 0.6 is 68.0 Å². The van der Waals surface area contributed by atoms with Gasteiger partial charge in [0.2, 0.25) is 5.16 Å². The summed E-state index contributed by atoms with van der Waals surface area (Å²) in [4.78, 5) is 51.2. The van der Waals surface area contributed by atoms with Gasteiger partial charge in [-0.05, 0) is 88.8 Å². The summed E-state index contributed by atoms with van der Waals surface area (Å²) in [6.45, 7) is 0.349.